The Labute approximate surface area is 142 Å². The third-order valence-corrected chi connectivity index (χ3v) is 4.85. The van der Waals surface area contributed by atoms with Crippen molar-refractivity contribution >= 4 is 0 Å². The van der Waals surface area contributed by atoms with E-state index in [1.807, 2.05) is 0 Å². The summed E-state index contributed by atoms with van der Waals surface area (Å²) in [6, 6.07) is 0. The maximum Gasteiger partial charge on any atom is -0.0440 e. The van der Waals surface area contributed by atoms with Gasteiger partial charge >= 0.3 is 0 Å². The summed E-state index contributed by atoms with van der Waals surface area (Å²) in [5.74, 6) is 2.71. The lowest BCUT2D eigenvalue weighted by molar-refractivity contribution is 0.397. The van der Waals surface area contributed by atoms with Gasteiger partial charge in [-0.1, -0.05) is 118 Å². The van der Waals surface area contributed by atoms with E-state index in [-0.39, 0.29) is 0 Å². The maximum absolute atomic E-state index is 2.43. The van der Waals surface area contributed by atoms with Crippen LogP contribution in [-0.2, 0) is 0 Å². The topological polar surface area (TPSA) is 0 Å². The molecule has 0 saturated carbocycles. The molecule has 0 aliphatic rings. The largest absolute Gasteiger partial charge is 0.0628 e. The number of rotatable bonds is 16. The Balaban J connectivity index is 3.08. The smallest absolute Gasteiger partial charge is 0.0440 e. The molecule has 0 N–H and O–H groups in total. The fourth-order valence-corrected chi connectivity index (χ4v) is 3.56. The molecule has 0 heteroatoms. The lowest BCUT2D eigenvalue weighted by atomic mass is 9.93. The summed E-state index contributed by atoms with van der Waals surface area (Å²) < 4.78 is 0. The summed E-state index contributed by atoms with van der Waals surface area (Å²) in [6.45, 7) is 11.8. The fraction of sp³-hybridized carbons (Fsp3) is 1.00. The highest BCUT2D eigenvalue weighted by Gasteiger charge is 2.04. The Morgan fingerprint density at radius 2 is 0.773 bits per heavy atom. The molecule has 0 aliphatic heterocycles. The second-order valence-electron chi connectivity index (χ2n) is 8.60. The molecule has 1 unspecified atom stereocenters. The van der Waals surface area contributed by atoms with Crippen molar-refractivity contribution in [2.45, 2.75) is 125 Å². The van der Waals surface area contributed by atoms with Gasteiger partial charge in [0.25, 0.3) is 0 Å². The Kier molecular flexibility index (Phi) is 15.9. The molecule has 0 aliphatic carbocycles. The van der Waals surface area contributed by atoms with E-state index in [0.29, 0.717) is 0 Å². The zero-order chi connectivity index (χ0) is 16.6. The van der Waals surface area contributed by atoms with Gasteiger partial charge in [-0.3, -0.25) is 0 Å². The van der Waals surface area contributed by atoms with Crippen LogP contribution in [0.15, 0.2) is 0 Å². The van der Waals surface area contributed by atoms with Gasteiger partial charge in [-0.2, -0.15) is 0 Å². The van der Waals surface area contributed by atoms with Crippen molar-refractivity contribution in [1.82, 2.24) is 0 Å². The van der Waals surface area contributed by atoms with Gasteiger partial charge in [-0.05, 0) is 24.2 Å². The predicted octanol–water partition coefficient (Wildman–Crippen LogP) is 8.40. The molecule has 0 fully saturated rings. The Hall–Kier alpha value is 0. The summed E-state index contributed by atoms with van der Waals surface area (Å²) in [4.78, 5) is 0. The molecule has 0 nitrogen and oxygen atoms in total. The second kappa shape index (κ2) is 15.9. The first-order valence-corrected chi connectivity index (χ1v) is 10.5. The monoisotopic (exact) mass is 310 g/mol. The van der Waals surface area contributed by atoms with Crippen LogP contribution in [-0.4, -0.2) is 0 Å². The SMILES string of the molecule is CC(C)CCCCCCCCCCCCCC(C)CC(C)C. The van der Waals surface area contributed by atoms with E-state index < -0.39 is 0 Å². The van der Waals surface area contributed by atoms with Crippen molar-refractivity contribution in [3.05, 3.63) is 0 Å². The first-order chi connectivity index (χ1) is 10.5. The van der Waals surface area contributed by atoms with Gasteiger partial charge in [0.1, 0.15) is 0 Å². The van der Waals surface area contributed by atoms with E-state index in [9.17, 15) is 0 Å². The molecule has 0 heterocycles. The van der Waals surface area contributed by atoms with Crippen LogP contribution in [0.4, 0.5) is 0 Å². The van der Waals surface area contributed by atoms with Crippen molar-refractivity contribution in [1.29, 1.82) is 0 Å². The van der Waals surface area contributed by atoms with Gasteiger partial charge in [0.05, 0.1) is 0 Å². The minimum atomic E-state index is 0.875. The molecule has 0 saturated heterocycles. The lowest BCUT2D eigenvalue weighted by Crippen LogP contribution is -1.99. The highest BCUT2D eigenvalue weighted by atomic mass is 14.1. The average Bonchev–Trinajstić information content (AvgIpc) is 2.42. The molecular weight excluding hydrogens is 264 g/mol. The maximum atomic E-state index is 2.43. The van der Waals surface area contributed by atoms with Crippen molar-refractivity contribution in [2.75, 3.05) is 0 Å². The van der Waals surface area contributed by atoms with Crippen molar-refractivity contribution in [3.63, 3.8) is 0 Å². The van der Waals surface area contributed by atoms with Crippen molar-refractivity contribution in [2.24, 2.45) is 17.8 Å². The molecule has 0 spiro atoms. The number of hydrogen-bond acceptors (Lipinski definition) is 0. The minimum Gasteiger partial charge on any atom is -0.0628 e. The van der Waals surface area contributed by atoms with Crippen LogP contribution in [0.5, 0.6) is 0 Å². The summed E-state index contributed by atoms with van der Waals surface area (Å²) in [7, 11) is 0. The Morgan fingerprint density at radius 3 is 1.14 bits per heavy atom. The standard InChI is InChI=1S/C22H46/c1-20(2)17-15-13-11-9-7-6-8-10-12-14-16-18-22(5)19-21(3)4/h20-22H,6-19H2,1-5H3. The summed E-state index contributed by atoms with van der Waals surface area (Å²) in [5.41, 5.74) is 0. The van der Waals surface area contributed by atoms with Crippen LogP contribution in [0.25, 0.3) is 0 Å². The molecule has 0 aromatic rings. The molecule has 0 rings (SSSR count). The molecule has 134 valence electrons. The van der Waals surface area contributed by atoms with Crippen LogP contribution in [0.2, 0.25) is 0 Å². The first kappa shape index (κ1) is 22.0. The van der Waals surface area contributed by atoms with Crippen molar-refractivity contribution < 1.29 is 0 Å². The molecule has 0 amide bonds. The molecule has 0 bridgehead atoms. The van der Waals surface area contributed by atoms with E-state index in [2.05, 4.69) is 34.6 Å². The Morgan fingerprint density at radius 1 is 0.409 bits per heavy atom. The van der Waals surface area contributed by atoms with Gasteiger partial charge in [0.15, 0.2) is 0 Å². The van der Waals surface area contributed by atoms with E-state index in [4.69, 9.17) is 0 Å². The lowest BCUT2D eigenvalue weighted by Gasteiger charge is -2.13. The van der Waals surface area contributed by atoms with E-state index in [1.54, 1.807) is 0 Å². The summed E-state index contributed by atoms with van der Waals surface area (Å²) in [5, 5.41) is 0. The van der Waals surface area contributed by atoms with Crippen LogP contribution >= 0.6 is 0 Å². The highest BCUT2D eigenvalue weighted by Crippen LogP contribution is 2.19. The predicted molar refractivity (Wildman–Crippen MR) is 103 cm³/mol. The molecule has 0 aromatic heterocycles. The second-order valence-corrected chi connectivity index (χ2v) is 8.60. The van der Waals surface area contributed by atoms with Crippen LogP contribution in [0, 0.1) is 17.8 Å². The van der Waals surface area contributed by atoms with Crippen LogP contribution in [0.3, 0.4) is 0 Å². The van der Waals surface area contributed by atoms with Gasteiger partial charge in [-0.15, -0.1) is 0 Å². The van der Waals surface area contributed by atoms with Gasteiger partial charge in [0.2, 0.25) is 0 Å². The van der Waals surface area contributed by atoms with Crippen LogP contribution in [0.1, 0.15) is 125 Å². The van der Waals surface area contributed by atoms with Gasteiger partial charge < -0.3 is 0 Å². The minimum absolute atomic E-state index is 0.875. The third-order valence-electron chi connectivity index (χ3n) is 4.85. The normalized spacial score (nSPS) is 13.2. The Bertz CT molecular complexity index is 204. The summed E-state index contributed by atoms with van der Waals surface area (Å²) in [6.07, 6.45) is 20.5. The highest BCUT2D eigenvalue weighted by molar-refractivity contribution is 4.57. The van der Waals surface area contributed by atoms with Crippen LogP contribution < -0.4 is 0 Å². The van der Waals surface area contributed by atoms with Gasteiger partial charge in [0, 0.05) is 0 Å². The first-order valence-electron chi connectivity index (χ1n) is 10.5. The quantitative estimate of drug-likeness (QED) is 0.251. The fourth-order valence-electron chi connectivity index (χ4n) is 3.56. The third kappa shape index (κ3) is 18.1. The number of hydrogen-bond donors (Lipinski definition) is 0. The zero-order valence-corrected chi connectivity index (χ0v) is 16.6. The van der Waals surface area contributed by atoms with E-state index in [0.717, 1.165) is 17.8 Å². The molecule has 0 aromatic carbocycles. The average molecular weight is 311 g/mol. The van der Waals surface area contributed by atoms with E-state index >= 15 is 0 Å². The zero-order valence-electron chi connectivity index (χ0n) is 16.6. The van der Waals surface area contributed by atoms with E-state index in [1.165, 1.54) is 89.9 Å². The van der Waals surface area contributed by atoms with Gasteiger partial charge in [-0.25, -0.2) is 0 Å². The molecule has 22 heavy (non-hydrogen) atoms. The number of unbranched alkanes of at least 4 members (excludes halogenated alkanes) is 10. The molecular formula is C22H46. The molecule has 0 radical (unpaired) electrons. The summed E-state index contributed by atoms with van der Waals surface area (Å²) >= 11 is 0. The van der Waals surface area contributed by atoms with Crippen molar-refractivity contribution in [3.8, 4) is 0 Å². The molecule has 1 atom stereocenters.